The predicted octanol–water partition coefficient (Wildman–Crippen LogP) is 3.25. The molecule has 2 saturated heterocycles. The Kier molecular flexibility index (Phi) is 7.58. The number of hydrazine groups is 1. The molecule has 0 spiro atoms. The molecule has 0 atom stereocenters. The van der Waals surface area contributed by atoms with Gasteiger partial charge in [0.1, 0.15) is 10.9 Å². The van der Waals surface area contributed by atoms with E-state index in [-0.39, 0.29) is 18.4 Å². The number of nitrogens with one attached hydrogen (secondary N) is 1. The molecule has 2 aliphatic heterocycles. The second-order valence-electron chi connectivity index (χ2n) is 7.05. The molecule has 0 unspecified atom stereocenters. The summed E-state index contributed by atoms with van der Waals surface area (Å²) in [5, 5.41) is 2.78. The van der Waals surface area contributed by atoms with Crippen LogP contribution in [0.2, 0.25) is 10.0 Å². The van der Waals surface area contributed by atoms with Crippen LogP contribution >= 0.6 is 47.2 Å². The van der Waals surface area contributed by atoms with Crippen LogP contribution in [0.1, 0.15) is 19.4 Å². The van der Waals surface area contributed by atoms with Gasteiger partial charge in [-0.3, -0.25) is 24.8 Å². The van der Waals surface area contributed by atoms with Gasteiger partial charge in [0, 0.05) is 47.8 Å². The first kappa shape index (κ1) is 22.5. The zero-order chi connectivity index (χ0) is 21.1. The lowest BCUT2D eigenvalue weighted by Gasteiger charge is -2.36. The molecule has 3 rings (SSSR count). The van der Waals surface area contributed by atoms with Gasteiger partial charge in [-0.2, -0.15) is 0 Å². The van der Waals surface area contributed by atoms with Crippen LogP contribution in [0.15, 0.2) is 23.1 Å². The molecule has 0 aromatic heterocycles. The standard InChI is InChI=1S/C19H22Cl2N4O2S2/c1-12(2)23-6-8-24(9-7-23)22-17(26)11-25-18(27)16(29-19(25)28)10-13-14(20)4-3-5-15(13)21/h3-5,10,12H,6-9,11H2,1-2H3,(H,22,26)/b16-10-. The van der Waals surface area contributed by atoms with Crippen molar-refractivity contribution < 1.29 is 9.59 Å². The van der Waals surface area contributed by atoms with Gasteiger partial charge in [-0.1, -0.05) is 53.2 Å². The van der Waals surface area contributed by atoms with E-state index in [0.29, 0.717) is 30.9 Å². The van der Waals surface area contributed by atoms with Gasteiger partial charge in [-0.15, -0.1) is 0 Å². The van der Waals surface area contributed by atoms with Crippen LogP contribution < -0.4 is 5.43 Å². The maximum absolute atomic E-state index is 12.8. The van der Waals surface area contributed by atoms with Crippen molar-refractivity contribution in [3.63, 3.8) is 0 Å². The van der Waals surface area contributed by atoms with E-state index in [1.54, 1.807) is 24.3 Å². The molecule has 2 aliphatic rings. The fourth-order valence-corrected chi connectivity index (χ4v) is 4.86. The van der Waals surface area contributed by atoms with Crippen LogP contribution in [0.25, 0.3) is 6.08 Å². The summed E-state index contributed by atoms with van der Waals surface area (Å²) in [6, 6.07) is 5.62. The average Bonchev–Trinajstić information content (AvgIpc) is 2.92. The van der Waals surface area contributed by atoms with Crippen molar-refractivity contribution in [2.75, 3.05) is 32.7 Å². The first-order valence-corrected chi connectivity index (χ1v) is 11.2. The Morgan fingerprint density at radius 2 is 1.86 bits per heavy atom. The summed E-state index contributed by atoms with van der Waals surface area (Å²) in [5.74, 6) is -0.591. The molecule has 0 saturated carbocycles. The van der Waals surface area contributed by atoms with E-state index >= 15 is 0 Å². The molecular weight excluding hydrogens is 451 g/mol. The summed E-state index contributed by atoms with van der Waals surface area (Å²) in [5.41, 5.74) is 3.43. The monoisotopic (exact) mass is 472 g/mol. The number of piperazine rings is 1. The number of thioether (sulfide) groups is 1. The topological polar surface area (TPSA) is 55.9 Å². The van der Waals surface area contributed by atoms with Crippen LogP contribution in [-0.4, -0.2) is 69.7 Å². The molecule has 2 fully saturated rings. The first-order valence-electron chi connectivity index (χ1n) is 9.24. The Bertz CT molecular complexity index is 834. The minimum Gasteiger partial charge on any atom is -0.298 e. The second-order valence-corrected chi connectivity index (χ2v) is 9.55. The van der Waals surface area contributed by atoms with Crippen molar-refractivity contribution >= 4 is 69.4 Å². The summed E-state index contributed by atoms with van der Waals surface area (Å²) in [7, 11) is 0. The third kappa shape index (κ3) is 5.51. The van der Waals surface area contributed by atoms with Crippen LogP contribution in [-0.2, 0) is 9.59 Å². The summed E-state index contributed by atoms with van der Waals surface area (Å²) in [6.45, 7) is 7.46. The predicted molar refractivity (Wildman–Crippen MR) is 123 cm³/mol. The highest BCUT2D eigenvalue weighted by Crippen LogP contribution is 2.35. The number of rotatable bonds is 5. The number of carbonyl (C=O) groups excluding carboxylic acids is 2. The summed E-state index contributed by atoms with van der Waals surface area (Å²) in [4.78, 5) is 29.3. The fraction of sp³-hybridized carbons (Fsp3) is 0.421. The zero-order valence-electron chi connectivity index (χ0n) is 16.2. The second kappa shape index (κ2) is 9.76. The molecular formula is C19H22Cl2N4O2S2. The Labute approximate surface area is 190 Å². The molecule has 2 amide bonds. The van der Waals surface area contributed by atoms with Gasteiger partial charge in [-0.25, -0.2) is 5.01 Å². The average molecular weight is 473 g/mol. The van der Waals surface area contributed by atoms with E-state index in [4.69, 9.17) is 35.4 Å². The lowest BCUT2D eigenvalue weighted by molar-refractivity contribution is -0.132. The van der Waals surface area contributed by atoms with E-state index in [1.165, 1.54) is 4.90 Å². The number of thiocarbonyl (C=S) groups is 1. The van der Waals surface area contributed by atoms with Crippen LogP contribution in [0.3, 0.4) is 0 Å². The maximum Gasteiger partial charge on any atom is 0.266 e. The summed E-state index contributed by atoms with van der Waals surface area (Å²) >= 11 is 18.8. The lowest BCUT2D eigenvalue weighted by atomic mass is 10.2. The highest BCUT2D eigenvalue weighted by Gasteiger charge is 2.34. The van der Waals surface area contributed by atoms with E-state index in [9.17, 15) is 9.59 Å². The molecule has 1 aromatic rings. The van der Waals surface area contributed by atoms with Crippen LogP contribution in [0.4, 0.5) is 0 Å². The number of halogens is 2. The van der Waals surface area contributed by atoms with Crippen molar-refractivity contribution in [2.24, 2.45) is 0 Å². The van der Waals surface area contributed by atoms with Gasteiger partial charge in [0.25, 0.3) is 11.8 Å². The Balaban J connectivity index is 1.60. The Morgan fingerprint density at radius 3 is 2.45 bits per heavy atom. The number of carbonyl (C=O) groups is 2. The number of hydrogen-bond acceptors (Lipinski definition) is 6. The van der Waals surface area contributed by atoms with E-state index in [2.05, 4.69) is 24.2 Å². The molecule has 6 nitrogen and oxygen atoms in total. The number of hydrogen-bond donors (Lipinski definition) is 1. The molecule has 2 heterocycles. The third-order valence-electron chi connectivity index (χ3n) is 4.78. The highest BCUT2D eigenvalue weighted by molar-refractivity contribution is 8.26. The lowest BCUT2D eigenvalue weighted by Crippen LogP contribution is -2.56. The number of benzene rings is 1. The van der Waals surface area contributed by atoms with E-state index in [1.807, 2.05) is 5.01 Å². The van der Waals surface area contributed by atoms with Crippen molar-refractivity contribution in [2.45, 2.75) is 19.9 Å². The van der Waals surface area contributed by atoms with Crippen molar-refractivity contribution in [1.29, 1.82) is 0 Å². The Morgan fingerprint density at radius 1 is 1.24 bits per heavy atom. The van der Waals surface area contributed by atoms with Crippen molar-refractivity contribution in [3.8, 4) is 0 Å². The van der Waals surface area contributed by atoms with Crippen LogP contribution in [0, 0.1) is 0 Å². The summed E-state index contributed by atoms with van der Waals surface area (Å²) in [6.07, 6.45) is 1.62. The minimum atomic E-state index is -0.323. The van der Waals surface area contributed by atoms with Crippen molar-refractivity contribution in [1.82, 2.24) is 20.2 Å². The van der Waals surface area contributed by atoms with Gasteiger partial charge in [0.05, 0.1) is 4.91 Å². The highest BCUT2D eigenvalue weighted by atomic mass is 35.5. The largest absolute Gasteiger partial charge is 0.298 e. The van der Waals surface area contributed by atoms with Gasteiger partial charge < -0.3 is 0 Å². The molecule has 0 radical (unpaired) electrons. The van der Waals surface area contributed by atoms with Crippen LogP contribution in [0.5, 0.6) is 0 Å². The first-order chi connectivity index (χ1) is 13.8. The van der Waals surface area contributed by atoms with Gasteiger partial charge in [0.15, 0.2) is 0 Å². The van der Waals surface area contributed by atoms with E-state index in [0.717, 1.165) is 37.9 Å². The van der Waals surface area contributed by atoms with Gasteiger partial charge in [-0.05, 0) is 32.1 Å². The molecule has 10 heteroatoms. The molecule has 0 aliphatic carbocycles. The zero-order valence-corrected chi connectivity index (χ0v) is 19.3. The fourth-order valence-electron chi connectivity index (χ4n) is 3.12. The van der Waals surface area contributed by atoms with Gasteiger partial charge in [0.2, 0.25) is 0 Å². The SMILES string of the molecule is CC(C)N1CCN(NC(=O)CN2C(=O)/C(=C/c3c(Cl)cccc3Cl)SC2=S)CC1. The number of nitrogens with zero attached hydrogens (tertiary/aromatic N) is 3. The molecule has 156 valence electrons. The Hall–Kier alpha value is -1.16. The molecule has 0 bridgehead atoms. The number of amides is 2. The quantitative estimate of drug-likeness (QED) is 0.524. The van der Waals surface area contributed by atoms with Crippen molar-refractivity contribution in [3.05, 3.63) is 38.7 Å². The third-order valence-corrected chi connectivity index (χ3v) is 6.81. The molecule has 1 N–H and O–H groups in total. The minimum absolute atomic E-state index is 0.122. The molecule has 1 aromatic carbocycles. The maximum atomic E-state index is 12.8. The normalized spacial score (nSPS) is 20.2. The smallest absolute Gasteiger partial charge is 0.266 e. The van der Waals surface area contributed by atoms with E-state index < -0.39 is 0 Å². The summed E-state index contributed by atoms with van der Waals surface area (Å²) < 4.78 is 0.337. The molecule has 29 heavy (non-hydrogen) atoms. The van der Waals surface area contributed by atoms with Gasteiger partial charge >= 0.3 is 0 Å².